The summed E-state index contributed by atoms with van der Waals surface area (Å²) in [5.41, 5.74) is 1.01. The number of likely N-dealkylation sites (tertiary alicyclic amines) is 1. The number of nitriles is 1. The van der Waals surface area contributed by atoms with Gasteiger partial charge >= 0.3 is 0 Å². The number of allylic oxidation sites excluding steroid dienone is 1. The first kappa shape index (κ1) is 15.3. The molecule has 2 rings (SSSR count). The van der Waals surface area contributed by atoms with Crippen molar-refractivity contribution in [3.63, 3.8) is 0 Å². The Morgan fingerprint density at radius 3 is 2.67 bits per heavy atom. The fraction of sp³-hybridized carbons (Fsp3) is 0.500. The van der Waals surface area contributed by atoms with Crippen molar-refractivity contribution >= 4 is 0 Å². The molecule has 1 aliphatic rings. The molecule has 0 aliphatic carbocycles. The van der Waals surface area contributed by atoms with E-state index in [2.05, 4.69) is 6.58 Å². The Bertz CT molecular complexity index is 634. The van der Waals surface area contributed by atoms with Crippen LogP contribution in [0.15, 0.2) is 17.4 Å². The molecule has 0 unspecified atom stereocenters. The van der Waals surface area contributed by atoms with Crippen LogP contribution in [0.25, 0.3) is 0 Å². The molecule has 1 aromatic rings. The molecule has 0 atom stereocenters. The Kier molecular flexibility index (Phi) is 4.81. The summed E-state index contributed by atoms with van der Waals surface area (Å²) in [5.74, 6) is -0.0190. The summed E-state index contributed by atoms with van der Waals surface area (Å²) in [6.45, 7) is 8.36. The van der Waals surface area contributed by atoms with E-state index in [0.717, 1.165) is 13.1 Å². The Labute approximate surface area is 124 Å². The second-order valence-electron chi connectivity index (χ2n) is 5.61. The molecule has 5 heteroatoms. The summed E-state index contributed by atoms with van der Waals surface area (Å²) in [6.07, 6.45) is 5.18. The zero-order valence-corrected chi connectivity index (χ0v) is 12.5. The lowest BCUT2D eigenvalue weighted by atomic mass is 10.0. The van der Waals surface area contributed by atoms with E-state index >= 15 is 0 Å². The van der Waals surface area contributed by atoms with Crippen LogP contribution < -0.4 is 10.5 Å². The molecular weight excluding hydrogens is 266 g/mol. The van der Waals surface area contributed by atoms with Gasteiger partial charge in [0.2, 0.25) is 5.88 Å². The molecule has 112 valence electrons. The average molecular weight is 288 g/mol. The van der Waals surface area contributed by atoms with Crippen molar-refractivity contribution in [2.75, 3.05) is 13.1 Å². The van der Waals surface area contributed by atoms with Crippen molar-refractivity contribution in [1.29, 1.82) is 5.26 Å². The van der Waals surface area contributed by atoms with Gasteiger partial charge in [-0.15, -0.1) is 6.58 Å². The highest BCUT2D eigenvalue weighted by Crippen LogP contribution is 2.21. The maximum Gasteiger partial charge on any atom is 0.271 e. The number of aromatic hydroxyl groups is 1. The molecule has 1 aromatic heterocycles. The predicted molar refractivity (Wildman–Crippen MR) is 80.3 cm³/mol. The zero-order chi connectivity index (χ0) is 15.4. The number of hydrogen-bond acceptors (Lipinski definition) is 3. The molecule has 2 heterocycles. The van der Waals surface area contributed by atoms with Crippen LogP contribution in [0.4, 0.5) is 0 Å². The van der Waals surface area contributed by atoms with E-state index < -0.39 is 5.56 Å². The van der Waals surface area contributed by atoms with E-state index in [9.17, 15) is 15.2 Å². The number of piperidine rings is 1. The van der Waals surface area contributed by atoms with Crippen molar-refractivity contribution < 1.29 is 10.0 Å². The number of pyridine rings is 1. The molecule has 1 aliphatic heterocycles. The monoisotopic (exact) mass is 288 g/mol. The minimum Gasteiger partial charge on any atom is -0.494 e. The van der Waals surface area contributed by atoms with Gasteiger partial charge in [0.1, 0.15) is 18.2 Å². The van der Waals surface area contributed by atoms with Gasteiger partial charge in [-0.05, 0) is 31.7 Å². The summed E-state index contributed by atoms with van der Waals surface area (Å²) < 4.78 is 1.23. The molecule has 0 amide bonds. The van der Waals surface area contributed by atoms with E-state index in [1.165, 1.54) is 28.7 Å². The lowest BCUT2D eigenvalue weighted by molar-refractivity contribution is -0.918. The van der Waals surface area contributed by atoms with Crippen LogP contribution in [0.3, 0.4) is 0 Å². The Balaban J connectivity index is 2.48. The van der Waals surface area contributed by atoms with Gasteiger partial charge in [-0.25, -0.2) is 0 Å². The number of aromatic nitrogens is 1. The third-order valence-corrected chi connectivity index (χ3v) is 4.22. The zero-order valence-electron chi connectivity index (χ0n) is 12.5. The van der Waals surface area contributed by atoms with E-state index in [0.29, 0.717) is 17.7 Å². The largest absolute Gasteiger partial charge is 0.494 e. The smallest absolute Gasteiger partial charge is 0.271 e. The minimum absolute atomic E-state index is 0.0190. The van der Waals surface area contributed by atoms with Gasteiger partial charge in [0.25, 0.3) is 5.56 Å². The topological polar surface area (TPSA) is 70.5 Å². The van der Waals surface area contributed by atoms with Gasteiger partial charge in [-0.3, -0.25) is 9.36 Å². The van der Waals surface area contributed by atoms with E-state index in [1.807, 2.05) is 6.07 Å². The summed E-state index contributed by atoms with van der Waals surface area (Å²) >= 11 is 0. The Morgan fingerprint density at radius 1 is 1.43 bits per heavy atom. The molecule has 0 saturated carbocycles. The van der Waals surface area contributed by atoms with E-state index in [4.69, 9.17) is 0 Å². The van der Waals surface area contributed by atoms with Crippen LogP contribution in [0.5, 0.6) is 5.88 Å². The van der Waals surface area contributed by atoms with Crippen LogP contribution in [-0.4, -0.2) is 22.8 Å². The number of nitrogens with one attached hydrogen (secondary N) is 1. The van der Waals surface area contributed by atoms with Crippen LogP contribution in [-0.2, 0) is 13.1 Å². The molecule has 2 N–H and O–H groups in total. The highest BCUT2D eigenvalue weighted by Gasteiger charge is 2.23. The first-order chi connectivity index (χ1) is 10.1. The first-order valence-corrected chi connectivity index (χ1v) is 7.40. The van der Waals surface area contributed by atoms with Gasteiger partial charge in [0, 0.05) is 6.54 Å². The van der Waals surface area contributed by atoms with Gasteiger partial charge in [0.15, 0.2) is 0 Å². The second kappa shape index (κ2) is 6.59. The third-order valence-electron chi connectivity index (χ3n) is 4.22. The minimum atomic E-state index is -0.440. The Morgan fingerprint density at radius 2 is 2.10 bits per heavy atom. The van der Waals surface area contributed by atoms with Crippen LogP contribution >= 0.6 is 0 Å². The highest BCUT2D eigenvalue weighted by molar-refractivity contribution is 5.45. The van der Waals surface area contributed by atoms with Gasteiger partial charge in [-0.1, -0.05) is 6.08 Å². The van der Waals surface area contributed by atoms with Crippen molar-refractivity contribution in [2.45, 2.75) is 39.3 Å². The maximum absolute atomic E-state index is 12.2. The maximum atomic E-state index is 12.2. The van der Waals surface area contributed by atoms with Crippen LogP contribution in [0, 0.1) is 18.3 Å². The molecular formula is C16H22N3O2+. The SMILES string of the molecule is C=CCn1c(O)c(C[NH+]2CCCCC2)c(C)c(C#N)c1=O. The van der Waals surface area contributed by atoms with Crippen molar-refractivity contribution in [3.8, 4) is 11.9 Å². The highest BCUT2D eigenvalue weighted by atomic mass is 16.3. The van der Waals surface area contributed by atoms with Crippen molar-refractivity contribution in [2.24, 2.45) is 0 Å². The molecule has 0 radical (unpaired) electrons. The number of hydrogen-bond donors (Lipinski definition) is 2. The summed E-state index contributed by atoms with van der Waals surface area (Å²) in [7, 11) is 0. The number of nitrogens with zero attached hydrogens (tertiary/aromatic N) is 2. The van der Waals surface area contributed by atoms with Gasteiger partial charge < -0.3 is 10.0 Å². The Hall–Kier alpha value is -2.06. The predicted octanol–water partition coefficient (Wildman–Crippen LogP) is 0.489. The van der Waals surface area contributed by atoms with Crippen LogP contribution in [0.1, 0.15) is 36.0 Å². The summed E-state index contributed by atoms with van der Waals surface area (Å²) in [5, 5.41) is 19.7. The quantitative estimate of drug-likeness (QED) is 0.792. The number of rotatable bonds is 4. The van der Waals surface area contributed by atoms with E-state index in [-0.39, 0.29) is 18.0 Å². The summed E-state index contributed by atoms with van der Waals surface area (Å²) in [6, 6.07) is 1.98. The van der Waals surface area contributed by atoms with Crippen LogP contribution in [0.2, 0.25) is 0 Å². The fourth-order valence-corrected chi connectivity index (χ4v) is 2.99. The fourth-order valence-electron chi connectivity index (χ4n) is 2.99. The second-order valence-corrected chi connectivity index (χ2v) is 5.61. The molecule has 1 saturated heterocycles. The normalized spacial score (nSPS) is 15.6. The summed E-state index contributed by atoms with van der Waals surface area (Å²) in [4.78, 5) is 13.6. The average Bonchev–Trinajstić information content (AvgIpc) is 2.50. The molecule has 0 bridgehead atoms. The lowest BCUT2D eigenvalue weighted by Gasteiger charge is -2.25. The molecule has 5 nitrogen and oxygen atoms in total. The first-order valence-electron chi connectivity index (χ1n) is 7.40. The van der Waals surface area contributed by atoms with Gasteiger partial charge in [0.05, 0.1) is 18.7 Å². The molecule has 21 heavy (non-hydrogen) atoms. The molecule has 0 spiro atoms. The van der Waals surface area contributed by atoms with Crippen molar-refractivity contribution in [3.05, 3.63) is 39.7 Å². The lowest BCUT2D eigenvalue weighted by Crippen LogP contribution is -3.11. The standard InChI is InChI=1S/C16H21N3O2/c1-3-7-19-15(20)13(10-17)12(2)14(16(19)21)11-18-8-5-4-6-9-18/h3,21H,1,4-9,11H2,2H3/p+1. The number of quaternary nitrogens is 1. The molecule has 0 aromatic carbocycles. The molecule has 1 fully saturated rings. The van der Waals surface area contributed by atoms with Gasteiger partial charge in [-0.2, -0.15) is 5.26 Å². The third kappa shape index (κ3) is 3.01. The van der Waals surface area contributed by atoms with E-state index in [1.54, 1.807) is 13.0 Å². The van der Waals surface area contributed by atoms with Crippen molar-refractivity contribution in [1.82, 2.24) is 4.57 Å².